The van der Waals surface area contributed by atoms with Crippen molar-refractivity contribution in [2.24, 2.45) is 5.92 Å². The van der Waals surface area contributed by atoms with Crippen molar-refractivity contribution in [3.63, 3.8) is 0 Å². The van der Waals surface area contributed by atoms with Crippen LogP contribution in [-0.2, 0) is 6.54 Å². The first-order valence-corrected chi connectivity index (χ1v) is 6.79. The van der Waals surface area contributed by atoms with Crippen molar-refractivity contribution in [2.45, 2.75) is 26.4 Å². The van der Waals surface area contributed by atoms with E-state index in [9.17, 15) is 4.79 Å². The maximum atomic E-state index is 11.8. The van der Waals surface area contributed by atoms with Crippen LogP contribution in [0.15, 0.2) is 12.3 Å². The molecule has 0 fully saturated rings. The fraction of sp³-hybridized carbons (Fsp3) is 0.692. The first-order valence-electron chi connectivity index (χ1n) is 6.79. The summed E-state index contributed by atoms with van der Waals surface area (Å²) in [5, 5.41) is 18.7. The molecule has 0 aromatic carbocycles. The van der Waals surface area contributed by atoms with Crippen LogP contribution in [0.5, 0.6) is 0 Å². The number of aliphatic hydroxyl groups excluding tert-OH is 1. The van der Waals surface area contributed by atoms with Crippen LogP contribution >= 0.6 is 0 Å². The average Bonchev–Trinajstić information content (AvgIpc) is 2.82. The van der Waals surface area contributed by atoms with Gasteiger partial charge < -0.3 is 15.3 Å². The minimum atomic E-state index is -0.310. The molecule has 2 amide bonds. The van der Waals surface area contributed by atoms with Gasteiger partial charge in [0, 0.05) is 31.5 Å². The van der Waals surface area contributed by atoms with Gasteiger partial charge in [-0.15, -0.1) is 0 Å². The molecule has 1 rings (SSSR count). The molecule has 0 radical (unpaired) electrons. The Hall–Kier alpha value is -1.60. The number of rotatable bonds is 7. The summed E-state index contributed by atoms with van der Waals surface area (Å²) >= 11 is 0. The number of urea groups is 1. The predicted molar refractivity (Wildman–Crippen MR) is 78.6 cm³/mol. The highest BCUT2D eigenvalue weighted by Gasteiger charge is 2.14. The largest absolute Gasteiger partial charge is 0.396 e. The second-order valence-electron chi connectivity index (χ2n) is 5.31. The van der Waals surface area contributed by atoms with Gasteiger partial charge in [-0.05, 0) is 26.9 Å². The van der Waals surface area contributed by atoms with E-state index in [0.717, 1.165) is 13.1 Å². The first-order chi connectivity index (χ1) is 9.42. The van der Waals surface area contributed by atoms with Crippen LogP contribution in [0, 0.1) is 5.92 Å². The van der Waals surface area contributed by atoms with Crippen molar-refractivity contribution in [2.75, 3.05) is 32.6 Å². The van der Waals surface area contributed by atoms with E-state index in [2.05, 4.69) is 20.6 Å². The summed E-state index contributed by atoms with van der Waals surface area (Å²) in [5.41, 5.74) is 0. The molecule has 114 valence electrons. The van der Waals surface area contributed by atoms with Crippen molar-refractivity contribution in [3.05, 3.63) is 12.3 Å². The number of aromatic nitrogens is 2. The van der Waals surface area contributed by atoms with Crippen molar-refractivity contribution in [3.8, 4) is 0 Å². The van der Waals surface area contributed by atoms with E-state index in [4.69, 9.17) is 5.11 Å². The number of nitrogens with zero attached hydrogens (tertiary/aromatic N) is 3. The van der Waals surface area contributed by atoms with Crippen molar-refractivity contribution < 1.29 is 9.90 Å². The Morgan fingerprint density at radius 3 is 2.80 bits per heavy atom. The zero-order valence-electron chi connectivity index (χ0n) is 12.6. The minimum Gasteiger partial charge on any atom is -0.396 e. The molecule has 0 aliphatic heterocycles. The third-order valence-corrected chi connectivity index (χ3v) is 3.16. The fourth-order valence-electron chi connectivity index (χ4n) is 1.51. The van der Waals surface area contributed by atoms with Crippen LogP contribution in [0.3, 0.4) is 0 Å². The number of amides is 2. The Balaban J connectivity index is 2.42. The van der Waals surface area contributed by atoms with E-state index in [-0.39, 0.29) is 24.6 Å². The Morgan fingerprint density at radius 2 is 2.20 bits per heavy atom. The lowest BCUT2D eigenvalue weighted by Gasteiger charge is -2.19. The lowest BCUT2D eigenvalue weighted by atomic mass is 10.1. The molecule has 2 unspecified atom stereocenters. The second kappa shape index (κ2) is 7.86. The molecule has 0 aliphatic carbocycles. The summed E-state index contributed by atoms with van der Waals surface area (Å²) in [6.45, 7) is 5.43. The Morgan fingerprint density at radius 1 is 1.50 bits per heavy atom. The van der Waals surface area contributed by atoms with Gasteiger partial charge in [0.05, 0.1) is 6.54 Å². The number of likely N-dealkylation sites (N-methyl/N-ethyl adjacent to an activating group) is 1. The number of aliphatic hydroxyl groups is 1. The van der Waals surface area contributed by atoms with Gasteiger partial charge in [-0.2, -0.15) is 5.10 Å². The summed E-state index contributed by atoms with van der Waals surface area (Å²) < 4.78 is 1.79. The molecule has 0 saturated heterocycles. The molecule has 0 bridgehead atoms. The number of nitrogens with one attached hydrogen (secondary N) is 2. The summed E-state index contributed by atoms with van der Waals surface area (Å²) in [4.78, 5) is 13.8. The van der Waals surface area contributed by atoms with Crippen molar-refractivity contribution in [1.82, 2.24) is 20.0 Å². The van der Waals surface area contributed by atoms with Crippen LogP contribution in [0.2, 0.25) is 0 Å². The molecule has 0 spiro atoms. The van der Waals surface area contributed by atoms with E-state index in [1.165, 1.54) is 0 Å². The highest BCUT2D eigenvalue weighted by molar-refractivity contribution is 5.88. The molecule has 0 aliphatic rings. The third kappa shape index (κ3) is 5.58. The Kier molecular flexibility index (Phi) is 6.47. The molecule has 0 saturated carbocycles. The predicted octanol–water partition coefficient (Wildman–Crippen LogP) is 0.583. The van der Waals surface area contributed by atoms with Crippen molar-refractivity contribution >= 4 is 11.8 Å². The SMILES string of the molecule is CC(CO)C(C)NC(=O)Nc1ccn(CCN(C)C)n1. The van der Waals surface area contributed by atoms with E-state index in [0.29, 0.717) is 5.82 Å². The topological polar surface area (TPSA) is 82.4 Å². The summed E-state index contributed by atoms with van der Waals surface area (Å²) in [6, 6.07) is 1.35. The zero-order valence-corrected chi connectivity index (χ0v) is 12.6. The monoisotopic (exact) mass is 283 g/mol. The van der Waals surface area contributed by atoms with Gasteiger partial charge in [0.1, 0.15) is 0 Å². The molecular weight excluding hydrogens is 258 g/mol. The van der Waals surface area contributed by atoms with Crippen LogP contribution in [0.4, 0.5) is 10.6 Å². The van der Waals surface area contributed by atoms with Gasteiger partial charge >= 0.3 is 6.03 Å². The van der Waals surface area contributed by atoms with Crippen LogP contribution < -0.4 is 10.6 Å². The molecule has 1 aromatic rings. The maximum absolute atomic E-state index is 11.8. The van der Waals surface area contributed by atoms with Crippen LogP contribution in [0.1, 0.15) is 13.8 Å². The first kappa shape index (κ1) is 16.5. The van der Waals surface area contributed by atoms with Gasteiger partial charge in [0.25, 0.3) is 0 Å². The molecule has 1 heterocycles. The minimum absolute atomic E-state index is 0.0124. The fourth-order valence-corrected chi connectivity index (χ4v) is 1.51. The van der Waals surface area contributed by atoms with E-state index in [1.54, 1.807) is 10.7 Å². The number of carbonyl (C=O) groups is 1. The summed E-state index contributed by atoms with van der Waals surface area (Å²) in [5.74, 6) is 0.531. The normalized spacial score (nSPS) is 14.1. The molecule has 7 heteroatoms. The third-order valence-electron chi connectivity index (χ3n) is 3.16. The molecule has 3 N–H and O–H groups in total. The van der Waals surface area contributed by atoms with E-state index < -0.39 is 0 Å². The standard InChI is InChI=1S/C13H25N5O2/c1-10(9-19)11(2)14-13(20)15-12-5-6-18(16-12)8-7-17(3)4/h5-6,10-11,19H,7-9H2,1-4H3,(H2,14,15,16,20). The lowest BCUT2D eigenvalue weighted by molar-refractivity contribution is 0.204. The average molecular weight is 283 g/mol. The van der Waals surface area contributed by atoms with Gasteiger partial charge in [-0.1, -0.05) is 6.92 Å². The molecular formula is C13H25N5O2. The lowest BCUT2D eigenvalue weighted by Crippen LogP contribution is -2.40. The quantitative estimate of drug-likeness (QED) is 0.684. The molecule has 2 atom stereocenters. The molecule has 7 nitrogen and oxygen atoms in total. The van der Waals surface area contributed by atoms with Gasteiger partial charge in [-0.3, -0.25) is 10.00 Å². The second-order valence-corrected chi connectivity index (χ2v) is 5.31. The van der Waals surface area contributed by atoms with Crippen molar-refractivity contribution in [1.29, 1.82) is 0 Å². The van der Waals surface area contributed by atoms with E-state index >= 15 is 0 Å². The highest BCUT2D eigenvalue weighted by Crippen LogP contribution is 2.04. The van der Waals surface area contributed by atoms with Gasteiger partial charge in [-0.25, -0.2) is 4.79 Å². The number of hydrogen-bond donors (Lipinski definition) is 3. The number of carbonyl (C=O) groups excluding carboxylic acids is 1. The number of anilines is 1. The van der Waals surface area contributed by atoms with Gasteiger partial charge in [0.15, 0.2) is 5.82 Å². The molecule has 1 aromatic heterocycles. The molecule has 20 heavy (non-hydrogen) atoms. The Labute approximate surface area is 120 Å². The zero-order chi connectivity index (χ0) is 15.1. The summed E-state index contributed by atoms with van der Waals surface area (Å²) in [7, 11) is 4.00. The van der Waals surface area contributed by atoms with Gasteiger partial charge in [0.2, 0.25) is 0 Å². The maximum Gasteiger partial charge on any atom is 0.320 e. The Bertz CT molecular complexity index is 419. The summed E-state index contributed by atoms with van der Waals surface area (Å²) in [6.07, 6.45) is 1.83. The van der Waals surface area contributed by atoms with E-state index in [1.807, 2.05) is 34.1 Å². The number of hydrogen-bond acceptors (Lipinski definition) is 4. The van der Waals surface area contributed by atoms with Crippen LogP contribution in [0.25, 0.3) is 0 Å². The smallest absolute Gasteiger partial charge is 0.320 e. The van der Waals surface area contributed by atoms with Crippen LogP contribution in [-0.4, -0.2) is 59.1 Å². The highest BCUT2D eigenvalue weighted by atomic mass is 16.3.